The molecule has 0 radical (unpaired) electrons. The van der Waals surface area contributed by atoms with Crippen LogP contribution in [0.1, 0.15) is 25.8 Å². The van der Waals surface area contributed by atoms with Crippen LogP contribution in [-0.2, 0) is 14.9 Å². The Morgan fingerprint density at radius 2 is 2.10 bits per heavy atom. The predicted molar refractivity (Wildman–Crippen MR) is 80.9 cm³/mol. The monoisotopic (exact) mass is 287 g/mol. The van der Waals surface area contributed by atoms with Crippen molar-refractivity contribution in [3.63, 3.8) is 0 Å². The summed E-state index contributed by atoms with van der Waals surface area (Å²) in [5.41, 5.74) is 1.14. The molecule has 5 nitrogen and oxygen atoms in total. The zero-order valence-electron chi connectivity index (χ0n) is 12.6. The zero-order chi connectivity index (χ0) is 15.5. The summed E-state index contributed by atoms with van der Waals surface area (Å²) in [6.45, 7) is 4.44. The number of nitrogens with zero attached hydrogens (tertiary/aromatic N) is 1. The van der Waals surface area contributed by atoms with Crippen molar-refractivity contribution in [3.8, 4) is 6.07 Å². The van der Waals surface area contributed by atoms with E-state index in [1.54, 1.807) is 7.11 Å². The average molecular weight is 287 g/mol. The maximum Gasteiger partial charge on any atom is 0.241 e. The second-order valence-corrected chi connectivity index (χ2v) is 5.86. The van der Waals surface area contributed by atoms with Gasteiger partial charge in [-0.15, -0.1) is 0 Å². The van der Waals surface area contributed by atoms with Gasteiger partial charge in [-0.25, -0.2) is 0 Å². The van der Waals surface area contributed by atoms with E-state index < -0.39 is 5.41 Å². The van der Waals surface area contributed by atoms with Gasteiger partial charge >= 0.3 is 0 Å². The van der Waals surface area contributed by atoms with Gasteiger partial charge in [-0.1, -0.05) is 12.1 Å². The number of carbonyl (C=O) groups is 1. The quantitative estimate of drug-likeness (QED) is 0.885. The summed E-state index contributed by atoms with van der Waals surface area (Å²) in [6.07, 6.45) is 0.779. The second-order valence-electron chi connectivity index (χ2n) is 5.86. The van der Waals surface area contributed by atoms with Crippen molar-refractivity contribution >= 4 is 11.6 Å². The van der Waals surface area contributed by atoms with Gasteiger partial charge in [0.1, 0.15) is 0 Å². The minimum Gasteiger partial charge on any atom is -0.380 e. The number of anilines is 1. The number of nitrogens with one attached hydrogen (secondary N) is 2. The summed E-state index contributed by atoms with van der Waals surface area (Å²) < 4.78 is 5.23. The van der Waals surface area contributed by atoms with Crippen LogP contribution in [-0.4, -0.2) is 31.7 Å². The molecule has 21 heavy (non-hydrogen) atoms. The molecule has 0 spiro atoms. The molecule has 0 aliphatic carbocycles. The summed E-state index contributed by atoms with van der Waals surface area (Å²) in [5.74, 6) is -0.0538. The summed E-state index contributed by atoms with van der Waals surface area (Å²) in [7, 11) is 1.66. The van der Waals surface area contributed by atoms with Crippen molar-refractivity contribution < 1.29 is 9.53 Å². The normalized spacial score (nSPS) is 21.8. The van der Waals surface area contributed by atoms with E-state index in [2.05, 4.69) is 16.7 Å². The van der Waals surface area contributed by atoms with Crippen LogP contribution in [0.25, 0.3) is 0 Å². The SMILES string of the molecule is COC1CNC(C(=O)Nc2ccc(C(C)(C)C#N)cc2)C1. The van der Waals surface area contributed by atoms with Crippen molar-refractivity contribution in [3.05, 3.63) is 29.8 Å². The Bertz CT molecular complexity index is 546. The summed E-state index contributed by atoms with van der Waals surface area (Å²) >= 11 is 0. The number of benzene rings is 1. The number of hydrogen-bond donors (Lipinski definition) is 2. The Hall–Kier alpha value is -1.90. The molecule has 1 aliphatic heterocycles. The molecule has 5 heteroatoms. The van der Waals surface area contributed by atoms with E-state index in [0.29, 0.717) is 13.0 Å². The molecule has 1 amide bonds. The van der Waals surface area contributed by atoms with Gasteiger partial charge in [-0.3, -0.25) is 4.79 Å². The fourth-order valence-corrected chi connectivity index (χ4v) is 2.35. The number of methoxy groups -OCH3 is 1. The largest absolute Gasteiger partial charge is 0.380 e. The lowest BCUT2D eigenvalue weighted by Gasteiger charge is -2.16. The van der Waals surface area contributed by atoms with Gasteiger partial charge < -0.3 is 15.4 Å². The number of amides is 1. The fraction of sp³-hybridized carbons (Fsp3) is 0.500. The third-order valence-corrected chi connectivity index (χ3v) is 3.89. The molecule has 1 aliphatic rings. The number of carbonyl (C=O) groups excluding carboxylic acids is 1. The van der Waals surface area contributed by atoms with Crippen molar-refractivity contribution in [1.82, 2.24) is 5.32 Å². The first-order valence-corrected chi connectivity index (χ1v) is 7.05. The van der Waals surface area contributed by atoms with Gasteiger partial charge in [0, 0.05) is 19.3 Å². The van der Waals surface area contributed by atoms with Crippen LogP contribution in [0.2, 0.25) is 0 Å². The number of ether oxygens (including phenoxy) is 1. The molecule has 1 aromatic carbocycles. The van der Waals surface area contributed by atoms with Crippen LogP contribution in [0.5, 0.6) is 0 Å². The Balaban J connectivity index is 1.98. The molecule has 1 heterocycles. The van der Waals surface area contributed by atoms with E-state index in [1.807, 2.05) is 38.1 Å². The van der Waals surface area contributed by atoms with Crippen molar-refractivity contribution in [2.45, 2.75) is 37.8 Å². The lowest BCUT2D eigenvalue weighted by Crippen LogP contribution is -2.35. The highest BCUT2D eigenvalue weighted by Gasteiger charge is 2.29. The average Bonchev–Trinajstić information content (AvgIpc) is 2.97. The van der Waals surface area contributed by atoms with Crippen LogP contribution in [0.15, 0.2) is 24.3 Å². The second kappa shape index (κ2) is 6.25. The van der Waals surface area contributed by atoms with Crippen LogP contribution >= 0.6 is 0 Å². The van der Waals surface area contributed by atoms with Crippen molar-refractivity contribution in [2.24, 2.45) is 0 Å². The molecule has 2 rings (SSSR count). The third-order valence-electron chi connectivity index (χ3n) is 3.89. The summed E-state index contributed by atoms with van der Waals surface area (Å²) in [4.78, 5) is 12.1. The molecule has 1 aromatic rings. The summed E-state index contributed by atoms with van der Waals surface area (Å²) in [6, 6.07) is 9.45. The van der Waals surface area contributed by atoms with E-state index in [0.717, 1.165) is 11.3 Å². The molecule has 0 saturated carbocycles. The Kier molecular flexibility index (Phi) is 4.61. The molecule has 1 fully saturated rings. The molecule has 2 unspecified atom stereocenters. The van der Waals surface area contributed by atoms with Gasteiger partial charge in [-0.2, -0.15) is 5.26 Å². The lowest BCUT2D eigenvalue weighted by molar-refractivity contribution is -0.118. The van der Waals surface area contributed by atoms with E-state index in [-0.39, 0.29) is 18.1 Å². The Morgan fingerprint density at radius 3 is 2.62 bits per heavy atom. The van der Waals surface area contributed by atoms with Crippen molar-refractivity contribution in [1.29, 1.82) is 5.26 Å². The minimum atomic E-state index is -0.527. The molecular formula is C16H21N3O2. The molecule has 2 N–H and O–H groups in total. The zero-order valence-corrected chi connectivity index (χ0v) is 12.6. The van der Waals surface area contributed by atoms with E-state index >= 15 is 0 Å². The van der Waals surface area contributed by atoms with E-state index in [4.69, 9.17) is 10.00 Å². The van der Waals surface area contributed by atoms with Crippen LogP contribution in [0, 0.1) is 11.3 Å². The maximum absolute atomic E-state index is 12.1. The molecule has 112 valence electrons. The third kappa shape index (κ3) is 3.60. The minimum absolute atomic E-state index is 0.0538. The number of nitriles is 1. The van der Waals surface area contributed by atoms with Gasteiger partial charge in [0.05, 0.1) is 23.6 Å². The molecule has 2 atom stereocenters. The first-order valence-electron chi connectivity index (χ1n) is 7.05. The van der Waals surface area contributed by atoms with Crippen LogP contribution < -0.4 is 10.6 Å². The summed E-state index contributed by atoms with van der Waals surface area (Å²) in [5, 5.41) is 15.1. The van der Waals surface area contributed by atoms with E-state index in [1.165, 1.54) is 0 Å². The Labute approximate surface area is 125 Å². The molecule has 0 aromatic heterocycles. The molecule has 0 bridgehead atoms. The van der Waals surface area contributed by atoms with Gasteiger partial charge in [0.2, 0.25) is 5.91 Å². The van der Waals surface area contributed by atoms with Gasteiger partial charge in [0.15, 0.2) is 0 Å². The predicted octanol–water partition coefficient (Wildman–Crippen LogP) is 1.80. The van der Waals surface area contributed by atoms with E-state index in [9.17, 15) is 4.79 Å². The number of hydrogen-bond acceptors (Lipinski definition) is 4. The Morgan fingerprint density at radius 1 is 1.43 bits per heavy atom. The highest BCUT2D eigenvalue weighted by atomic mass is 16.5. The van der Waals surface area contributed by atoms with Crippen LogP contribution in [0.3, 0.4) is 0 Å². The first-order chi connectivity index (χ1) is 9.96. The highest BCUT2D eigenvalue weighted by Crippen LogP contribution is 2.23. The maximum atomic E-state index is 12.1. The number of rotatable bonds is 4. The van der Waals surface area contributed by atoms with Gasteiger partial charge in [-0.05, 0) is 38.0 Å². The first kappa shape index (κ1) is 15.5. The highest BCUT2D eigenvalue weighted by molar-refractivity contribution is 5.95. The topological polar surface area (TPSA) is 74.2 Å². The van der Waals surface area contributed by atoms with Crippen molar-refractivity contribution in [2.75, 3.05) is 19.0 Å². The van der Waals surface area contributed by atoms with Gasteiger partial charge in [0.25, 0.3) is 0 Å². The van der Waals surface area contributed by atoms with Crippen LogP contribution in [0.4, 0.5) is 5.69 Å². The fourth-order valence-electron chi connectivity index (χ4n) is 2.35. The standard InChI is InChI=1S/C16H21N3O2/c1-16(2,10-17)11-4-6-12(7-5-11)19-15(20)14-8-13(21-3)9-18-14/h4-7,13-14,18H,8-9H2,1-3H3,(H,19,20). The smallest absolute Gasteiger partial charge is 0.241 e. The molecule has 1 saturated heterocycles. The molecular weight excluding hydrogens is 266 g/mol. The lowest BCUT2D eigenvalue weighted by atomic mass is 9.86.